The summed E-state index contributed by atoms with van der Waals surface area (Å²) in [6, 6.07) is 0. The minimum Gasteiger partial charge on any atom is -0.396 e. The molecule has 0 saturated heterocycles. The lowest BCUT2D eigenvalue weighted by molar-refractivity contribution is 0.282. The average molecular weight is 197 g/mol. The monoisotopic (exact) mass is 196 g/mol. The molecule has 0 atom stereocenters. The van der Waals surface area contributed by atoms with Crippen LogP contribution in [0.4, 0.5) is 0 Å². The molecule has 0 spiro atoms. The fourth-order valence-corrected chi connectivity index (χ4v) is 1.12. The first-order valence-corrected chi connectivity index (χ1v) is 4.68. The van der Waals surface area contributed by atoms with Gasteiger partial charge < -0.3 is 5.11 Å². The number of halogens is 1. The largest absolute Gasteiger partial charge is 0.396 e. The zero-order valence-corrected chi connectivity index (χ0v) is 7.32. The summed E-state index contributed by atoms with van der Waals surface area (Å²) >= 11 is 3.38. The van der Waals surface area contributed by atoms with E-state index in [0.717, 1.165) is 11.8 Å². The number of aliphatic hydroxyl groups is 1. The smallest absolute Gasteiger partial charge is 0.210 e. The third-order valence-electron chi connectivity index (χ3n) is 1.28. The van der Waals surface area contributed by atoms with Gasteiger partial charge in [0.15, 0.2) is 0 Å². The molecule has 0 rings (SSSR count). The molecule has 1 N–H and O–H groups in total. The summed E-state index contributed by atoms with van der Waals surface area (Å²) in [5.41, 5.74) is 0. The first-order chi connectivity index (χ1) is 4.91. The Morgan fingerprint density at radius 3 is 2.44 bits per heavy atom. The molecule has 0 saturated carbocycles. The van der Waals surface area contributed by atoms with Crippen LogP contribution < -0.4 is 0 Å². The molecule has 0 radical (unpaired) electrons. The molecule has 0 aromatic heterocycles. The maximum atomic E-state index is 6.41. The van der Waals surface area contributed by atoms with Gasteiger partial charge in [0.2, 0.25) is 1.43 Å². The van der Waals surface area contributed by atoms with Gasteiger partial charge in [-0.1, -0.05) is 35.2 Å². The van der Waals surface area contributed by atoms with E-state index in [1.807, 2.05) is 0 Å². The van der Waals surface area contributed by atoms with Gasteiger partial charge in [-0.2, -0.15) is 0 Å². The standard InChI is InChI=1S/C7H15BrO/c8-6-4-2-1-3-5-7-9/h9H,1-7H2/i9T. The molecule has 0 amide bonds. The predicted molar refractivity (Wildman–Crippen MR) is 44.0 cm³/mol. The highest BCUT2D eigenvalue weighted by molar-refractivity contribution is 9.09. The van der Waals surface area contributed by atoms with Gasteiger partial charge in [0.25, 0.3) is 0 Å². The maximum Gasteiger partial charge on any atom is 0.210 e. The third kappa shape index (κ3) is 8.44. The highest BCUT2D eigenvalue weighted by Gasteiger charge is 1.86. The van der Waals surface area contributed by atoms with E-state index in [-0.39, 0.29) is 0 Å². The summed E-state index contributed by atoms with van der Waals surface area (Å²) in [6.07, 6.45) is 6.07. The van der Waals surface area contributed by atoms with Gasteiger partial charge in [-0.3, -0.25) is 0 Å². The highest BCUT2D eigenvalue weighted by atomic mass is 79.9. The zero-order chi connectivity index (χ0) is 7.66. The topological polar surface area (TPSA) is 20.2 Å². The second-order valence-corrected chi connectivity index (χ2v) is 2.95. The van der Waals surface area contributed by atoms with Gasteiger partial charge in [0.1, 0.15) is 0 Å². The fourth-order valence-electron chi connectivity index (χ4n) is 0.727. The Morgan fingerprint density at radius 1 is 1.11 bits per heavy atom. The van der Waals surface area contributed by atoms with Gasteiger partial charge >= 0.3 is 0 Å². The van der Waals surface area contributed by atoms with Gasteiger partial charge in [-0.25, -0.2) is 0 Å². The summed E-state index contributed by atoms with van der Waals surface area (Å²) < 4.78 is 6.41. The Hall–Kier alpha value is 0.440. The van der Waals surface area contributed by atoms with Crippen LogP contribution in [-0.4, -0.2) is 18.5 Å². The van der Waals surface area contributed by atoms with E-state index in [2.05, 4.69) is 21.0 Å². The lowest BCUT2D eigenvalue weighted by atomic mass is 10.2. The van der Waals surface area contributed by atoms with Gasteiger partial charge in [-0.15, -0.1) is 0 Å². The van der Waals surface area contributed by atoms with E-state index in [9.17, 15) is 0 Å². The molecular formula is C7H15BrO. The molecule has 0 aliphatic heterocycles. The molecule has 9 heavy (non-hydrogen) atoms. The van der Waals surface area contributed by atoms with Gasteiger partial charge in [0, 0.05) is 11.9 Å². The quantitative estimate of drug-likeness (QED) is 0.490. The summed E-state index contributed by atoms with van der Waals surface area (Å²) in [5, 5.41) is 5.30. The van der Waals surface area contributed by atoms with Crippen LogP contribution in [0.2, 0.25) is 0 Å². The van der Waals surface area contributed by atoms with Crippen LogP contribution in [0.1, 0.15) is 32.1 Å². The molecule has 0 aliphatic carbocycles. The number of aliphatic hydroxyl groups excluding tert-OH is 1. The fraction of sp³-hybridized carbons (Fsp3) is 1.00. The van der Waals surface area contributed by atoms with Crippen molar-refractivity contribution in [2.45, 2.75) is 32.1 Å². The SMILES string of the molecule is [3H]OCCCCCCCBr. The van der Waals surface area contributed by atoms with Crippen molar-refractivity contribution in [2.24, 2.45) is 0 Å². The summed E-state index contributed by atoms with van der Waals surface area (Å²) in [7, 11) is 0. The summed E-state index contributed by atoms with van der Waals surface area (Å²) in [5.74, 6) is 0. The van der Waals surface area contributed by atoms with Gasteiger partial charge in [0.05, 0.1) is 0 Å². The van der Waals surface area contributed by atoms with E-state index in [0.29, 0.717) is 6.61 Å². The van der Waals surface area contributed by atoms with E-state index < -0.39 is 0 Å². The van der Waals surface area contributed by atoms with Crippen LogP contribution in [0.3, 0.4) is 0 Å². The Morgan fingerprint density at radius 2 is 1.78 bits per heavy atom. The van der Waals surface area contributed by atoms with Crippen LogP contribution in [-0.2, 0) is 0 Å². The molecule has 2 heteroatoms. The van der Waals surface area contributed by atoms with E-state index in [1.54, 1.807) is 0 Å². The van der Waals surface area contributed by atoms with Crippen molar-refractivity contribution >= 4 is 15.9 Å². The number of unbranched alkanes of at least 4 members (excludes halogenated alkanes) is 4. The van der Waals surface area contributed by atoms with Crippen molar-refractivity contribution in [1.29, 1.82) is 1.43 Å². The molecule has 0 fully saturated rings. The average Bonchev–Trinajstić information content (AvgIpc) is 1.97. The molecule has 0 aromatic rings. The molecule has 56 valence electrons. The van der Waals surface area contributed by atoms with Crippen molar-refractivity contribution in [3.63, 3.8) is 0 Å². The van der Waals surface area contributed by atoms with E-state index in [4.69, 9.17) is 1.43 Å². The molecule has 0 bridgehead atoms. The minimum absolute atomic E-state index is 0.592. The third-order valence-corrected chi connectivity index (χ3v) is 1.84. The Bertz CT molecular complexity index is 53.6. The molecule has 0 aromatic carbocycles. The Kier molecular flexibility index (Phi) is 7.08. The predicted octanol–water partition coefficient (Wildman–Crippen LogP) is 2.32. The second kappa shape index (κ2) is 8.44. The normalized spacial score (nSPS) is 11.4. The maximum absolute atomic E-state index is 6.41. The molecular weight excluding hydrogens is 180 g/mol. The van der Waals surface area contributed by atoms with Crippen LogP contribution in [0.25, 0.3) is 0 Å². The first kappa shape index (κ1) is 7.55. The number of rotatable bonds is 7. The first-order valence-electron chi connectivity index (χ1n) is 3.96. The Balaban J connectivity index is 2.65. The van der Waals surface area contributed by atoms with Crippen LogP contribution in [0.5, 0.6) is 0 Å². The van der Waals surface area contributed by atoms with Crippen molar-refractivity contribution in [2.75, 3.05) is 11.9 Å². The molecule has 1 nitrogen and oxygen atoms in total. The van der Waals surface area contributed by atoms with Crippen LogP contribution in [0, 0.1) is 0 Å². The Labute approximate surface area is 67.1 Å². The van der Waals surface area contributed by atoms with E-state index >= 15 is 0 Å². The zero-order valence-electron chi connectivity index (χ0n) is 6.74. The molecule has 0 unspecified atom stereocenters. The summed E-state index contributed by atoms with van der Waals surface area (Å²) in [6.45, 7) is 0.592. The molecule has 0 aliphatic rings. The van der Waals surface area contributed by atoms with Gasteiger partial charge in [-0.05, 0) is 12.8 Å². The lowest BCUT2D eigenvalue weighted by Gasteiger charge is -1.95. The highest BCUT2D eigenvalue weighted by Crippen LogP contribution is 2.03. The van der Waals surface area contributed by atoms with Crippen LogP contribution >= 0.6 is 15.9 Å². The second-order valence-electron chi connectivity index (χ2n) is 2.16. The number of hydrogen-bond acceptors (Lipinski definition) is 1. The van der Waals surface area contributed by atoms with E-state index in [1.165, 1.54) is 25.7 Å². The number of alkyl halides is 1. The van der Waals surface area contributed by atoms with Crippen molar-refractivity contribution in [3.05, 3.63) is 0 Å². The van der Waals surface area contributed by atoms with Crippen LogP contribution in [0.15, 0.2) is 0 Å². The van der Waals surface area contributed by atoms with Crippen molar-refractivity contribution < 1.29 is 5.11 Å². The molecule has 0 heterocycles. The van der Waals surface area contributed by atoms with Crippen molar-refractivity contribution in [1.82, 2.24) is 0 Å². The summed E-state index contributed by atoms with van der Waals surface area (Å²) in [4.78, 5) is 0. The minimum atomic E-state index is 0.592. The number of hydrogen-bond donors (Lipinski definition) is 1. The lowest BCUT2D eigenvalue weighted by Crippen LogP contribution is -1.83. The van der Waals surface area contributed by atoms with Crippen molar-refractivity contribution in [3.8, 4) is 0 Å².